The Labute approximate surface area is 189 Å². The van der Waals surface area contributed by atoms with E-state index < -0.39 is 0 Å². The van der Waals surface area contributed by atoms with E-state index in [2.05, 4.69) is 26.2 Å². The molecule has 32 heavy (non-hydrogen) atoms. The predicted molar refractivity (Wildman–Crippen MR) is 128 cm³/mol. The molecule has 1 saturated heterocycles. The number of hydrogen-bond donors (Lipinski definition) is 2. The second-order valence-electron chi connectivity index (χ2n) is 8.11. The van der Waals surface area contributed by atoms with Crippen LogP contribution in [0.3, 0.4) is 0 Å². The Morgan fingerprint density at radius 2 is 1.84 bits per heavy atom. The predicted octanol–water partition coefficient (Wildman–Crippen LogP) is 3.52. The summed E-state index contributed by atoms with van der Waals surface area (Å²) in [5.74, 6) is 1.65. The van der Waals surface area contributed by atoms with Gasteiger partial charge in [0.15, 0.2) is 0 Å². The first-order chi connectivity index (χ1) is 15.7. The molecule has 7 nitrogen and oxygen atoms in total. The topological polar surface area (TPSA) is 69.8 Å². The normalized spacial score (nSPS) is 14.5. The summed E-state index contributed by atoms with van der Waals surface area (Å²) in [6.45, 7) is 5.75. The van der Waals surface area contributed by atoms with Gasteiger partial charge in [-0.15, -0.1) is 0 Å². The molecule has 0 aliphatic carbocycles. The first-order valence-corrected chi connectivity index (χ1v) is 11.2. The number of anilines is 1. The SMILES string of the molecule is COc1ccc(N2CCN(CCCCNC(=O)c3ccc4cc[nH]c4c3)CC2)c(OC)c1. The fourth-order valence-corrected chi connectivity index (χ4v) is 4.21. The van der Waals surface area contributed by atoms with E-state index in [-0.39, 0.29) is 5.91 Å². The van der Waals surface area contributed by atoms with Gasteiger partial charge in [-0.2, -0.15) is 0 Å². The molecule has 2 heterocycles. The first-order valence-electron chi connectivity index (χ1n) is 11.2. The number of unbranched alkanes of at least 4 members (excludes halogenated alkanes) is 1. The molecule has 0 spiro atoms. The Kier molecular flexibility index (Phi) is 7.17. The average molecular weight is 437 g/mol. The van der Waals surface area contributed by atoms with Crippen LogP contribution in [0.25, 0.3) is 10.9 Å². The summed E-state index contributed by atoms with van der Waals surface area (Å²) in [5, 5.41) is 4.16. The Morgan fingerprint density at radius 3 is 2.62 bits per heavy atom. The summed E-state index contributed by atoms with van der Waals surface area (Å²) in [5.41, 5.74) is 2.81. The minimum atomic E-state index is -0.0106. The van der Waals surface area contributed by atoms with Gasteiger partial charge >= 0.3 is 0 Å². The van der Waals surface area contributed by atoms with Crippen LogP contribution in [0.1, 0.15) is 23.2 Å². The zero-order valence-electron chi connectivity index (χ0n) is 18.9. The summed E-state index contributed by atoms with van der Waals surface area (Å²) in [7, 11) is 3.37. The van der Waals surface area contributed by atoms with Crippen LogP contribution in [0.15, 0.2) is 48.7 Å². The van der Waals surface area contributed by atoms with Crippen molar-refractivity contribution in [2.45, 2.75) is 12.8 Å². The highest BCUT2D eigenvalue weighted by Crippen LogP contribution is 2.32. The van der Waals surface area contributed by atoms with E-state index in [1.165, 1.54) is 0 Å². The van der Waals surface area contributed by atoms with Crippen LogP contribution in [0.2, 0.25) is 0 Å². The Morgan fingerprint density at radius 1 is 1.00 bits per heavy atom. The number of piperazine rings is 1. The van der Waals surface area contributed by atoms with E-state index in [4.69, 9.17) is 9.47 Å². The lowest BCUT2D eigenvalue weighted by atomic mass is 10.1. The van der Waals surface area contributed by atoms with Crippen molar-refractivity contribution in [3.05, 3.63) is 54.2 Å². The van der Waals surface area contributed by atoms with E-state index >= 15 is 0 Å². The van der Waals surface area contributed by atoms with Crippen LogP contribution in [0, 0.1) is 0 Å². The van der Waals surface area contributed by atoms with Crippen LogP contribution >= 0.6 is 0 Å². The molecule has 4 rings (SSSR count). The molecule has 1 amide bonds. The van der Waals surface area contributed by atoms with Gasteiger partial charge in [0, 0.05) is 56.1 Å². The maximum atomic E-state index is 12.4. The zero-order chi connectivity index (χ0) is 22.3. The van der Waals surface area contributed by atoms with Crippen molar-refractivity contribution in [3.8, 4) is 11.5 Å². The smallest absolute Gasteiger partial charge is 0.251 e. The molecule has 3 aromatic rings. The number of aromatic amines is 1. The number of nitrogens with one attached hydrogen (secondary N) is 2. The minimum absolute atomic E-state index is 0.0106. The molecule has 0 saturated carbocycles. The van der Waals surface area contributed by atoms with Crippen molar-refractivity contribution in [2.24, 2.45) is 0 Å². The molecule has 0 radical (unpaired) electrons. The Bertz CT molecular complexity index is 1040. The fraction of sp³-hybridized carbons (Fsp3) is 0.400. The van der Waals surface area contributed by atoms with Crippen molar-refractivity contribution in [1.82, 2.24) is 15.2 Å². The molecule has 170 valence electrons. The van der Waals surface area contributed by atoms with Crippen LogP contribution in [-0.4, -0.2) is 69.3 Å². The maximum absolute atomic E-state index is 12.4. The van der Waals surface area contributed by atoms with Gasteiger partial charge in [0.2, 0.25) is 0 Å². The lowest BCUT2D eigenvalue weighted by molar-refractivity contribution is 0.0952. The highest BCUT2D eigenvalue weighted by molar-refractivity contribution is 5.97. The molecule has 7 heteroatoms. The van der Waals surface area contributed by atoms with Crippen LogP contribution in [0.5, 0.6) is 11.5 Å². The van der Waals surface area contributed by atoms with Gasteiger partial charge in [0.25, 0.3) is 5.91 Å². The third kappa shape index (κ3) is 5.16. The third-order valence-corrected chi connectivity index (χ3v) is 6.10. The van der Waals surface area contributed by atoms with Crippen molar-refractivity contribution >= 4 is 22.5 Å². The van der Waals surface area contributed by atoms with Crippen LogP contribution in [-0.2, 0) is 0 Å². The van der Waals surface area contributed by atoms with Gasteiger partial charge < -0.3 is 24.7 Å². The molecule has 2 aromatic carbocycles. The number of rotatable bonds is 9. The van der Waals surface area contributed by atoms with E-state index in [0.717, 1.165) is 73.7 Å². The number of fused-ring (bicyclic) bond motifs is 1. The van der Waals surface area contributed by atoms with E-state index in [9.17, 15) is 4.79 Å². The lowest BCUT2D eigenvalue weighted by Gasteiger charge is -2.36. The number of nitrogens with zero attached hydrogens (tertiary/aromatic N) is 2. The number of carbonyl (C=O) groups excluding carboxylic acids is 1. The first kappa shape index (κ1) is 22.0. The molecule has 0 bridgehead atoms. The second-order valence-corrected chi connectivity index (χ2v) is 8.11. The van der Waals surface area contributed by atoms with Gasteiger partial charge in [-0.3, -0.25) is 9.69 Å². The lowest BCUT2D eigenvalue weighted by Crippen LogP contribution is -2.46. The number of amides is 1. The molecular formula is C25H32N4O3. The number of benzene rings is 2. The molecule has 0 unspecified atom stereocenters. The average Bonchev–Trinajstić information content (AvgIpc) is 3.31. The molecular weight excluding hydrogens is 404 g/mol. The molecule has 1 aliphatic rings. The standard InChI is InChI=1S/C25H32N4O3/c1-31-21-7-8-23(24(18-21)32-2)29-15-13-28(14-16-29)12-4-3-10-27-25(30)20-6-5-19-9-11-26-22(19)17-20/h5-9,11,17-18,26H,3-4,10,12-16H2,1-2H3,(H,27,30). The van der Waals surface area contributed by atoms with Crippen LogP contribution in [0.4, 0.5) is 5.69 Å². The summed E-state index contributed by atoms with van der Waals surface area (Å²) < 4.78 is 10.9. The highest BCUT2D eigenvalue weighted by Gasteiger charge is 2.19. The number of ether oxygens (including phenoxy) is 2. The maximum Gasteiger partial charge on any atom is 0.251 e. The molecule has 1 fully saturated rings. The van der Waals surface area contributed by atoms with Crippen molar-refractivity contribution in [2.75, 3.05) is 58.4 Å². The second kappa shape index (κ2) is 10.4. The molecule has 1 aromatic heterocycles. The van der Waals surface area contributed by atoms with Crippen LogP contribution < -0.4 is 19.7 Å². The quantitative estimate of drug-likeness (QED) is 0.503. The number of carbonyl (C=O) groups is 1. The van der Waals surface area contributed by atoms with Gasteiger partial charge in [0.1, 0.15) is 11.5 Å². The van der Waals surface area contributed by atoms with E-state index in [1.807, 2.05) is 42.6 Å². The van der Waals surface area contributed by atoms with Gasteiger partial charge in [-0.25, -0.2) is 0 Å². The largest absolute Gasteiger partial charge is 0.497 e. The van der Waals surface area contributed by atoms with E-state index in [0.29, 0.717) is 12.1 Å². The van der Waals surface area contributed by atoms with E-state index in [1.54, 1.807) is 14.2 Å². The van der Waals surface area contributed by atoms with Gasteiger partial charge in [0.05, 0.1) is 19.9 Å². The summed E-state index contributed by atoms with van der Waals surface area (Å²) in [6, 6.07) is 13.8. The van der Waals surface area contributed by atoms with Crippen molar-refractivity contribution in [3.63, 3.8) is 0 Å². The number of hydrogen-bond acceptors (Lipinski definition) is 5. The Hall–Kier alpha value is -3.19. The number of aromatic nitrogens is 1. The number of H-pyrrole nitrogens is 1. The van der Waals surface area contributed by atoms with Crippen molar-refractivity contribution in [1.29, 1.82) is 0 Å². The summed E-state index contributed by atoms with van der Waals surface area (Å²) in [4.78, 5) is 20.4. The third-order valence-electron chi connectivity index (χ3n) is 6.10. The Balaban J connectivity index is 1.16. The van der Waals surface area contributed by atoms with Gasteiger partial charge in [-0.1, -0.05) is 6.07 Å². The molecule has 0 atom stereocenters. The molecule has 2 N–H and O–H groups in total. The summed E-state index contributed by atoms with van der Waals surface area (Å²) in [6.07, 6.45) is 3.93. The zero-order valence-corrected chi connectivity index (χ0v) is 18.9. The molecule has 1 aliphatic heterocycles. The number of methoxy groups -OCH3 is 2. The monoisotopic (exact) mass is 436 g/mol. The fourth-order valence-electron chi connectivity index (χ4n) is 4.21. The minimum Gasteiger partial charge on any atom is -0.497 e. The van der Waals surface area contributed by atoms with Crippen molar-refractivity contribution < 1.29 is 14.3 Å². The highest BCUT2D eigenvalue weighted by atomic mass is 16.5. The van der Waals surface area contributed by atoms with Gasteiger partial charge in [-0.05, 0) is 55.1 Å². The summed E-state index contributed by atoms with van der Waals surface area (Å²) >= 11 is 0.